The maximum absolute atomic E-state index is 13.2. The van der Waals surface area contributed by atoms with Crippen LogP contribution in [0.4, 0.5) is 11.5 Å². The zero-order chi connectivity index (χ0) is 22.9. The average Bonchev–Trinajstić information content (AvgIpc) is 3.07. The SMILES string of the molecule is CCN(CC)S(=O)(=O)c1ccc(N[C@@H]2c3ccccc3C(=O)N2c2ccc(C)cn2)cc1. The van der Waals surface area contributed by atoms with Crippen molar-refractivity contribution < 1.29 is 13.2 Å². The Kier molecular flexibility index (Phi) is 5.99. The lowest BCUT2D eigenvalue weighted by Gasteiger charge is -2.26. The fraction of sp³-hybridized carbons (Fsp3) is 0.250. The van der Waals surface area contributed by atoms with Gasteiger partial charge in [-0.05, 0) is 48.9 Å². The number of carbonyl (C=O) groups excluding carboxylic acids is 1. The van der Waals surface area contributed by atoms with E-state index in [1.807, 2.05) is 51.1 Å². The van der Waals surface area contributed by atoms with E-state index in [1.165, 1.54) is 4.31 Å². The Morgan fingerprint density at radius 3 is 2.31 bits per heavy atom. The van der Waals surface area contributed by atoms with Crippen molar-refractivity contribution in [3.63, 3.8) is 0 Å². The number of rotatable bonds is 7. The third kappa shape index (κ3) is 3.87. The minimum atomic E-state index is -3.53. The van der Waals surface area contributed by atoms with Gasteiger partial charge < -0.3 is 5.32 Å². The quantitative estimate of drug-likeness (QED) is 0.584. The lowest BCUT2D eigenvalue weighted by atomic mass is 10.1. The highest BCUT2D eigenvalue weighted by Crippen LogP contribution is 2.37. The molecule has 0 aliphatic carbocycles. The largest absolute Gasteiger partial charge is 0.361 e. The third-order valence-electron chi connectivity index (χ3n) is 5.61. The summed E-state index contributed by atoms with van der Waals surface area (Å²) in [6.07, 6.45) is 1.27. The summed E-state index contributed by atoms with van der Waals surface area (Å²) in [6, 6.07) is 17.8. The van der Waals surface area contributed by atoms with E-state index in [9.17, 15) is 13.2 Å². The average molecular weight is 451 g/mol. The van der Waals surface area contributed by atoms with Crippen molar-refractivity contribution in [1.82, 2.24) is 9.29 Å². The summed E-state index contributed by atoms with van der Waals surface area (Å²) in [4.78, 5) is 19.5. The molecule has 0 fully saturated rings. The normalized spacial score (nSPS) is 15.8. The van der Waals surface area contributed by atoms with E-state index in [4.69, 9.17) is 0 Å². The van der Waals surface area contributed by atoms with Gasteiger partial charge in [0.2, 0.25) is 10.0 Å². The predicted octanol–water partition coefficient (Wildman–Crippen LogP) is 4.19. The highest BCUT2D eigenvalue weighted by Gasteiger charge is 2.38. The molecule has 1 aromatic heterocycles. The van der Waals surface area contributed by atoms with Gasteiger partial charge in [-0.2, -0.15) is 4.31 Å². The van der Waals surface area contributed by atoms with Gasteiger partial charge in [-0.1, -0.05) is 38.1 Å². The fourth-order valence-electron chi connectivity index (χ4n) is 3.89. The number of carbonyl (C=O) groups is 1. The van der Waals surface area contributed by atoms with Crippen LogP contribution in [0, 0.1) is 6.92 Å². The molecule has 2 aromatic carbocycles. The van der Waals surface area contributed by atoms with Gasteiger partial charge in [0.25, 0.3) is 5.91 Å². The number of nitrogens with one attached hydrogen (secondary N) is 1. The summed E-state index contributed by atoms with van der Waals surface area (Å²) in [6.45, 7) is 6.41. The molecular weight excluding hydrogens is 424 g/mol. The number of aromatic nitrogens is 1. The minimum Gasteiger partial charge on any atom is -0.361 e. The minimum absolute atomic E-state index is 0.129. The molecular formula is C24H26N4O3S. The number of anilines is 2. The lowest BCUT2D eigenvalue weighted by molar-refractivity contribution is 0.0992. The number of fused-ring (bicyclic) bond motifs is 1. The van der Waals surface area contributed by atoms with Crippen LogP contribution in [0.1, 0.15) is 41.5 Å². The second-order valence-corrected chi connectivity index (χ2v) is 9.55. The number of pyridine rings is 1. The van der Waals surface area contributed by atoms with E-state index in [1.54, 1.807) is 41.4 Å². The predicted molar refractivity (Wildman–Crippen MR) is 125 cm³/mol. The van der Waals surface area contributed by atoms with Crippen LogP contribution < -0.4 is 10.2 Å². The number of amides is 1. The first kappa shape index (κ1) is 22.0. The van der Waals surface area contributed by atoms with E-state index >= 15 is 0 Å². The van der Waals surface area contributed by atoms with Crippen LogP contribution in [0.3, 0.4) is 0 Å². The topological polar surface area (TPSA) is 82.6 Å². The van der Waals surface area contributed by atoms with Crippen molar-refractivity contribution in [2.75, 3.05) is 23.3 Å². The van der Waals surface area contributed by atoms with Crippen LogP contribution in [0.15, 0.2) is 71.8 Å². The number of hydrogen-bond acceptors (Lipinski definition) is 5. The molecule has 1 atom stereocenters. The summed E-state index contributed by atoms with van der Waals surface area (Å²) in [7, 11) is -3.53. The highest BCUT2D eigenvalue weighted by molar-refractivity contribution is 7.89. The van der Waals surface area contributed by atoms with E-state index in [2.05, 4.69) is 10.3 Å². The molecule has 0 radical (unpaired) electrons. The molecule has 0 unspecified atom stereocenters. The van der Waals surface area contributed by atoms with Gasteiger partial charge in [0.15, 0.2) is 0 Å². The second kappa shape index (κ2) is 8.72. The Morgan fingerprint density at radius 1 is 1.00 bits per heavy atom. The molecule has 2 heterocycles. The first-order valence-corrected chi connectivity index (χ1v) is 12.0. The molecule has 7 nitrogen and oxygen atoms in total. The smallest absolute Gasteiger partial charge is 0.261 e. The van der Waals surface area contributed by atoms with E-state index < -0.39 is 16.2 Å². The Bertz CT molecular complexity index is 1220. The fourth-order valence-corrected chi connectivity index (χ4v) is 5.35. The number of hydrogen-bond donors (Lipinski definition) is 1. The van der Waals surface area contributed by atoms with Crippen molar-refractivity contribution in [3.05, 3.63) is 83.6 Å². The van der Waals surface area contributed by atoms with Crippen molar-refractivity contribution in [2.24, 2.45) is 0 Å². The molecule has 32 heavy (non-hydrogen) atoms. The van der Waals surface area contributed by atoms with Crippen molar-refractivity contribution >= 4 is 27.4 Å². The van der Waals surface area contributed by atoms with Gasteiger partial charge in [0.1, 0.15) is 12.0 Å². The molecule has 0 saturated heterocycles. The molecule has 1 N–H and O–H groups in total. The Labute approximate surface area is 188 Å². The van der Waals surface area contributed by atoms with Crippen LogP contribution in [-0.2, 0) is 10.0 Å². The second-order valence-electron chi connectivity index (χ2n) is 7.62. The van der Waals surface area contributed by atoms with Crippen LogP contribution in [0.5, 0.6) is 0 Å². The molecule has 4 rings (SSSR count). The summed E-state index contributed by atoms with van der Waals surface area (Å²) < 4.78 is 27.0. The van der Waals surface area contributed by atoms with Gasteiger partial charge in [-0.15, -0.1) is 0 Å². The van der Waals surface area contributed by atoms with Crippen LogP contribution in [0.25, 0.3) is 0 Å². The molecule has 0 spiro atoms. The van der Waals surface area contributed by atoms with Gasteiger partial charge >= 0.3 is 0 Å². The Balaban J connectivity index is 1.67. The Hall–Kier alpha value is -3.23. The number of nitrogens with zero attached hydrogens (tertiary/aromatic N) is 3. The van der Waals surface area contributed by atoms with E-state index in [0.29, 0.717) is 30.2 Å². The number of benzene rings is 2. The first-order valence-electron chi connectivity index (χ1n) is 10.6. The molecule has 0 saturated carbocycles. The van der Waals surface area contributed by atoms with Gasteiger partial charge in [-0.25, -0.2) is 13.4 Å². The Morgan fingerprint density at radius 2 is 1.69 bits per heavy atom. The van der Waals surface area contributed by atoms with Crippen LogP contribution in [0.2, 0.25) is 0 Å². The van der Waals surface area contributed by atoms with Crippen LogP contribution >= 0.6 is 0 Å². The zero-order valence-electron chi connectivity index (χ0n) is 18.3. The van der Waals surface area contributed by atoms with Crippen molar-refractivity contribution in [2.45, 2.75) is 31.8 Å². The first-order chi connectivity index (χ1) is 15.4. The standard InChI is InChI=1S/C24H26N4O3S/c1-4-27(5-2)32(30,31)19-13-11-18(12-14-19)26-23-20-8-6-7-9-21(20)24(29)28(23)22-15-10-17(3)16-25-22/h6-16,23,26H,4-5H2,1-3H3/t23-/m0/s1. The maximum atomic E-state index is 13.2. The molecule has 0 bridgehead atoms. The monoisotopic (exact) mass is 450 g/mol. The van der Waals surface area contributed by atoms with E-state index in [-0.39, 0.29) is 10.8 Å². The van der Waals surface area contributed by atoms with Crippen LogP contribution in [-0.4, -0.2) is 36.7 Å². The molecule has 166 valence electrons. The molecule has 1 amide bonds. The zero-order valence-corrected chi connectivity index (χ0v) is 19.1. The lowest BCUT2D eigenvalue weighted by Crippen LogP contribution is -2.33. The van der Waals surface area contributed by atoms with Gasteiger partial charge in [0.05, 0.1) is 4.90 Å². The molecule has 1 aliphatic heterocycles. The van der Waals surface area contributed by atoms with Crippen molar-refractivity contribution in [1.29, 1.82) is 0 Å². The summed E-state index contributed by atoms with van der Waals surface area (Å²) in [5.74, 6) is 0.421. The number of sulfonamides is 1. The summed E-state index contributed by atoms with van der Waals surface area (Å²) in [5.41, 5.74) is 3.18. The molecule has 3 aromatic rings. The molecule has 1 aliphatic rings. The van der Waals surface area contributed by atoms with E-state index in [0.717, 1.165) is 11.1 Å². The number of aryl methyl sites for hydroxylation is 1. The third-order valence-corrected chi connectivity index (χ3v) is 7.67. The highest BCUT2D eigenvalue weighted by atomic mass is 32.2. The molecule has 8 heteroatoms. The maximum Gasteiger partial charge on any atom is 0.261 e. The summed E-state index contributed by atoms with van der Waals surface area (Å²) in [5, 5.41) is 3.38. The van der Waals surface area contributed by atoms with Gasteiger partial charge in [0, 0.05) is 36.1 Å². The van der Waals surface area contributed by atoms with Gasteiger partial charge in [-0.3, -0.25) is 9.69 Å². The van der Waals surface area contributed by atoms with Crippen molar-refractivity contribution in [3.8, 4) is 0 Å². The summed E-state index contributed by atoms with van der Waals surface area (Å²) >= 11 is 0.